The fraction of sp³-hybridized carbons (Fsp3) is 0.619. The lowest BCUT2D eigenvalue weighted by Crippen LogP contribution is -2.58. The molecule has 0 atom stereocenters. The van der Waals surface area contributed by atoms with Gasteiger partial charge in [0.1, 0.15) is 6.54 Å². The zero-order valence-corrected chi connectivity index (χ0v) is 16.5. The van der Waals surface area contributed by atoms with E-state index in [1.165, 1.54) is 69.3 Å². The van der Waals surface area contributed by atoms with E-state index in [-0.39, 0.29) is 18.0 Å². The molecule has 2 heterocycles. The topological polar surface area (TPSA) is 75.9 Å². The Hall–Kier alpha value is -2.28. The molecule has 1 saturated carbocycles. The summed E-state index contributed by atoms with van der Waals surface area (Å²) in [4.78, 5) is 16.6. The highest BCUT2D eigenvalue weighted by Crippen LogP contribution is 2.35. The van der Waals surface area contributed by atoms with Crippen LogP contribution in [0.3, 0.4) is 0 Å². The van der Waals surface area contributed by atoms with Gasteiger partial charge in [-0.05, 0) is 44.0 Å². The molecule has 1 aliphatic carbocycles. The molecule has 1 aliphatic heterocycles. The maximum Gasteiger partial charge on any atom is 0.243 e. The van der Waals surface area contributed by atoms with Gasteiger partial charge in [0.2, 0.25) is 11.7 Å². The SMILES string of the molecule is O=C(Cn1nnc(-c2ccccc2)n1)NCC1(N2CCCCC2)CCCCC1. The quantitative estimate of drug-likeness (QED) is 0.831. The predicted molar refractivity (Wildman–Crippen MR) is 108 cm³/mol. The number of piperidine rings is 1. The second-order valence-corrected chi connectivity index (χ2v) is 8.12. The van der Waals surface area contributed by atoms with Gasteiger partial charge in [0.15, 0.2) is 0 Å². The van der Waals surface area contributed by atoms with Gasteiger partial charge in [0, 0.05) is 17.6 Å². The molecule has 0 unspecified atom stereocenters. The lowest BCUT2D eigenvalue weighted by atomic mass is 9.79. The van der Waals surface area contributed by atoms with Gasteiger partial charge in [-0.15, -0.1) is 10.2 Å². The maximum absolute atomic E-state index is 12.6. The van der Waals surface area contributed by atoms with Crippen LogP contribution in [0.25, 0.3) is 11.4 Å². The molecule has 0 radical (unpaired) electrons. The summed E-state index contributed by atoms with van der Waals surface area (Å²) in [5.41, 5.74) is 1.04. The normalized spacial score (nSPS) is 20.0. The minimum atomic E-state index is -0.0426. The number of hydrogen-bond acceptors (Lipinski definition) is 5. The van der Waals surface area contributed by atoms with Crippen molar-refractivity contribution in [2.75, 3.05) is 19.6 Å². The van der Waals surface area contributed by atoms with Gasteiger partial charge >= 0.3 is 0 Å². The van der Waals surface area contributed by atoms with Crippen molar-refractivity contribution >= 4 is 5.91 Å². The van der Waals surface area contributed by atoms with Crippen LogP contribution in [0.1, 0.15) is 51.4 Å². The summed E-state index contributed by atoms with van der Waals surface area (Å²) in [6.45, 7) is 3.17. The molecular weight excluding hydrogens is 352 g/mol. The van der Waals surface area contributed by atoms with Gasteiger partial charge in [0.05, 0.1) is 0 Å². The zero-order chi connectivity index (χ0) is 19.2. The van der Waals surface area contributed by atoms with Crippen molar-refractivity contribution < 1.29 is 4.79 Å². The Kier molecular flexibility index (Phi) is 6.00. The molecule has 1 N–H and O–H groups in total. The molecule has 2 fully saturated rings. The molecule has 4 rings (SSSR count). The van der Waals surface area contributed by atoms with Gasteiger partial charge < -0.3 is 5.32 Å². The third-order valence-corrected chi connectivity index (χ3v) is 6.20. The third kappa shape index (κ3) is 4.41. The summed E-state index contributed by atoms with van der Waals surface area (Å²) in [7, 11) is 0. The van der Waals surface area contributed by atoms with Crippen molar-refractivity contribution in [3.8, 4) is 11.4 Å². The van der Waals surface area contributed by atoms with Crippen molar-refractivity contribution in [1.29, 1.82) is 0 Å². The number of hydrogen-bond donors (Lipinski definition) is 1. The maximum atomic E-state index is 12.6. The summed E-state index contributed by atoms with van der Waals surface area (Å²) in [5.74, 6) is 0.504. The third-order valence-electron chi connectivity index (χ3n) is 6.20. The molecule has 7 heteroatoms. The number of aromatic nitrogens is 4. The lowest BCUT2D eigenvalue weighted by molar-refractivity contribution is -0.123. The van der Waals surface area contributed by atoms with Crippen molar-refractivity contribution in [2.45, 2.75) is 63.5 Å². The summed E-state index contributed by atoms with van der Waals surface area (Å²) in [6.07, 6.45) is 10.1. The van der Waals surface area contributed by atoms with Crippen LogP contribution in [-0.4, -0.2) is 56.2 Å². The number of carbonyl (C=O) groups excluding carboxylic acids is 1. The Bertz CT molecular complexity index is 762. The number of benzene rings is 1. The number of amides is 1. The van der Waals surface area contributed by atoms with Gasteiger partial charge in [-0.25, -0.2) is 0 Å². The second-order valence-electron chi connectivity index (χ2n) is 8.12. The van der Waals surface area contributed by atoms with Crippen LogP contribution in [0.2, 0.25) is 0 Å². The molecule has 2 aliphatic rings. The van der Waals surface area contributed by atoms with E-state index in [1.807, 2.05) is 30.3 Å². The summed E-state index contributed by atoms with van der Waals surface area (Å²) in [5, 5.41) is 15.6. The highest BCUT2D eigenvalue weighted by molar-refractivity contribution is 5.75. The van der Waals surface area contributed by atoms with Crippen LogP contribution in [0.15, 0.2) is 30.3 Å². The smallest absolute Gasteiger partial charge is 0.243 e. The highest BCUT2D eigenvalue weighted by Gasteiger charge is 2.38. The molecule has 0 bridgehead atoms. The van der Waals surface area contributed by atoms with Crippen LogP contribution in [0.5, 0.6) is 0 Å². The predicted octanol–water partition coefficient (Wildman–Crippen LogP) is 2.65. The molecule has 0 spiro atoms. The largest absolute Gasteiger partial charge is 0.353 e. The Morgan fingerprint density at radius 3 is 2.46 bits per heavy atom. The molecule has 1 aromatic heterocycles. The Labute approximate surface area is 166 Å². The molecule has 1 amide bonds. The first-order valence-electron chi connectivity index (χ1n) is 10.6. The minimum absolute atomic E-state index is 0.0426. The minimum Gasteiger partial charge on any atom is -0.353 e. The second kappa shape index (κ2) is 8.82. The first kappa shape index (κ1) is 19.1. The number of rotatable bonds is 6. The first-order valence-corrected chi connectivity index (χ1v) is 10.6. The van der Waals surface area contributed by atoms with Gasteiger partial charge in [-0.1, -0.05) is 56.0 Å². The molecule has 28 heavy (non-hydrogen) atoms. The van der Waals surface area contributed by atoms with E-state index >= 15 is 0 Å². The van der Waals surface area contributed by atoms with Crippen LogP contribution in [-0.2, 0) is 11.3 Å². The van der Waals surface area contributed by atoms with Crippen LogP contribution < -0.4 is 5.32 Å². The van der Waals surface area contributed by atoms with E-state index < -0.39 is 0 Å². The summed E-state index contributed by atoms with van der Waals surface area (Å²) < 4.78 is 0. The number of nitrogens with zero attached hydrogens (tertiary/aromatic N) is 5. The molecule has 1 aromatic carbocycles. The molecule has 2 aromatic rings. The van der Waals surface area contributed by atoms with E-state index in [9.17, 15) is 4.79 Å². The Morgan fingerprint density at radius 2 is 1.71 bits per heavy atom. The summed E-state index contributed by atoms with van der Waals surface area (Å²) in [6, 6.07) is 9.70. The van der Waals surface area contributed by atoms with E-state index in [1.54, 1.807) is 0 Å². The van der Waals surface area contributed by atoms with Gasteiger partial charge in [-0.3, -0.25) is 9.69 Å². The monoisotopic (exact) mass is 382 g/mol. The van der Waals surface area contributed by atoms with Crippen molar-refractivity contribution in [2.24, 2.45) is 0 Å². The van der Waals surface area contributed by atoms with E-state index in [2.05, 4.69) is 25.6 Å². The number of tetrazole rings is 1. The van der Waals surface area contributed by atoms with Crippen LogP contribution in [0, 0.1) is 0 Å². The van der Waals surface area contributed by atoms with Crippen LogP contribution >= 0.6 is 0 Å². The zero-order valence-electron chi connectivity index (χ0n) is 16.5. The molecule has 150 valence electrons. The van der Waals surface area contributed by atoms with Crippen molar-refractivity contribution in [3.63, 3.8) is 0 Å². The number of likely N-dealkylation sites (tertiary alicyclic amines) is 1. The highest BCUT2D eigenvalue weighted by atomic mass is 16.2. The van der Waals surface area contributed by atoms with Gasteiger partial charge in [-0.2, -0.15) is 4.80 Å². The molecular formula is C21H30N6O. The van der Waals surface area contributed by atoms with E-state index in [4.69, 9.17) is 0 Å². The average molecular weight is 383 g/mol. The number of carbonyl (C=O) groups is 1. The average Bonchev–Trinajstić information content (AvgIpc) is 3.23. The molecule has 7 nitrogen and oxygen atoms in total. The number of nitrogens with one attached hydrogen (secondary N) is 1. The summed E-state index contributed by atoms with van der Waals surface area (Å²) >= 11 is 0. The van der Waals surface area contributed by atoms with Crippen LogP contribution in [0.4, 0.5) is 0 Å². The Balaban J connectivity index is 1.35. The molecule has 1 saturated heterocycles. The fourth-order valence-electron chi connectivity index (χ4n) is 4.64. The van der Waals surface area contributed by atoms with Gasteiger partial charge in [0.25, 0.3) is 0 Å². The van der Waals surface area contributed by atoms with E-state index in [0.29, 0.717) is 5.82 Å². The lowest BCUT2D eigenvalue weighted by Gasteiger charge is -2.48. The Morgan fingerprint density at radius 1 is 1.00 bits per heavy atom. The first-order chi connectivity index (χ1) is 13.8. The van der Waals surface area contributed by atoms with Crippen molar-refractivity contribution in [1.82, 2.24) is 30.4 Å². The van der Waals surface area contributed by atoms with E-state index in [0.717, 1.165) is 12.1 Å². The van der Waals surface area contributed by atoms with Crippen molar-refractivity contribution in [3.05, 3.63) is 30.3 Å². The fourth-order valence-corrected chi connectivity index (χ4v) is 4.64. The standard InChI is InChI=1S/C21H30N6O/c28-19(16-27-24-20(23-25-27)18-10-4-1-5-11-18)22-17-21(12-6-2-7-13-21)26-14-8-3-9-15-26/h1,4-5,10-11H,2-3,6-9,12-17H2,(H,22,28).